The number of benzene rings is 6. The van der Waals surface area contributed by atoms with Crippen LogP contribution in [-0.4, -0.2) is 15.0 Å². The first kappa shape index (κ1) is 36.4. The Bertz CT molecular complexity index is 2680. The number of aromatic nitrogens is 3. The summed E-state index contributed by atoms with van der Waals surface area (Å²) in [4.78, 5) is 14.8. The van der Waals surface area contributed by atoms with Gasteiger partial charge in [-0.15, -0.1) is 0 Å². The first-order valence-corrected chi connectivity index (χ1v) is 20.0. The Labute approximate surface area is 341 Å². The molecule has 0 aliphatic rings. The fourth-order valence-corrected chi connectivity index (χ4v) is 7.94. The molecule has 0 amide bonds. The van der Waals surface area contributed by atoms with Crippen LogP contribution in [0.3, 0.4) is 0 Å². The van der Waals surface area contributed by atoms with Crippen molar-refractivity contribution in [2.75, 3.05) is 0 Å². The molecule has 3 nitrogen and oxygen atoms in total. The summed E-state index contributed by atoms with van der Waals surface area (Å²) in [5.74, 6) is 0. The molecule has 278 valence electrons. The predicted octanol–water partition coefficient (Wildman–Crippen LogP) is 13.9. The van der Waals surface area contributed by atoms with E-state index < -0.39 is 0 Å². The standard InChI is InChI=1S/C55H43N3/c1-38-30-54(43-18-8-4-9-19-43)57-36-51(38)49-24-14-12-22-47(49)45-32-41(27-26-40-28-29-53(56-35-40)42-16-6-3-7-17-42)33-46(34-45)48-23-13-15-25-50(48)52-37-58-55(31-39(52)2)44-20-10-5-11-21-44/h3-25,28-37H,26-27H2,1-2H3. The van der Waals surface area contributed by atoms with Crippen LogP contribution >= 0.6 is 0 Å². The average Bonchev–Trinajstić information content (AvgIpc) is 3.29. The first-order valence-electron chi connectivity index (χ1n) is 20.0. The van der Waals surface area contributed by atoms with Crippen molar-refractivity contribution in [3.05, 3.63) is 223 Å². The monoisotopic (exact) mass is 745 g/mol. The third kappa shape index (κ3) is 7.76. The lowest BCUT2D eigenvalue weighted by Gasteiger charge is -2.18. The molecule has 0 fully saturated rings. The van der Waals surface area contributed by atoms with Crippen molar-refractivity contribution in [1.82, 2.24) is 15.0 Å². The second kappa shape index (κ2) is 16.5. The number of rotatable bonds is 10. The van der Waals surface area contributed by atoms with Gasteiger partial charge in [-0.2, -0.15) is 0 Å². The summed E-state index contributed by atoms with van der Waals surface area (Å²) in [5.41, 5.74) is 20.5. The highest BCUT2D eigenvalue weighted by Crippen LogP contribution is 2.40. The third-order valence-corrected chi connectivity index (χ3v) is 11.0. The fourth-order valence-electron chi connectivity index (χ4n) is 7.94. The number of hydrogen-bond acceptors (Lipinski definition) is 3. The van der Waals surface area contributed by atoms with Gasteiger partial charge < -0.3 is 0 Å². The maximum absolute atomic E-state index is 4.96. The first-order chi connectivity index (χ1) is 28.6. The summed E-state index contributed by atoms with van der Waals surface area (Å²) in [6.45, 7) is 4.38. The smallest absolute Gasteiger partial charge is 0.0705 e. The van der Waals surface area contributed by atoms with E-state index in [0.717, 1.165) is 57.7 Å². The molecule has 0 N–H and O–H groups in total. The van der Waals surface area contributed by atoms with E-state index in [1.54, 1.807) is 0 Å². The minimum atomic E-state index is 0.871. The van der Waals surface area contributed by atoms with Gasteiger partial charge >= 0.3 is 0 Å². The van der Waals surface area contributed by atoms with Crippen LogP contribution in [0.5, 0.6) is 0 Å². The number of nitrogens with zero attached hydrogens (tertiary/aromatic N) is 3. The Kier molecular flexibility index (Phi) is 10.3. The zero-order valence-corrected chi connectivity index (χ0v) is 32.8. The van der Waals surface area contributed by atoms with Gasteiger partial charge in [-0.05, 0) is 107 Å². The zero-order chi connectivity index (χ0) is 39.3. The summed E-state index contributed by atoms with van der Waals surface area (Å²) >= 11 is 0. The van der Waals surface area contributed by atoms with Gasteiger partial charge in [-0.25, -0.2) is 0 Å². The van der Waals surface area contributed by atoms with Crippen LogP contribution in [0.2, 0.25) is 0 Å². The third-order valence-electron chi connectivity index (χ3n) is 11.0. The van der Waals surface area contributed by atoms with Crippen molar-refractivity contribution in [2.45, 2.75) is 26.7 Å². The van der Waals surface area contributed by atoms with Crippen LogP contribution < -0.4 is 0 Å². The lowest BCUT2D eigenvalue weighted by atomic mass is 9.87. The number of pyridine rings is 3. The molecule has 0 saturated carbocycles. The molecule has 0 atom stereocenters. The summed E-state index contributed by atoms with van der Waals surface area (Å²) in [5, 5.41) is 0. The SMILES string of the molecule is Cc1cc(-c2ccccc2)ncc1-c1ccccc1-c1cc(CCc2ccc(-c3ccccc3)nc2)cc(-c2ccccc2-c2cnc(-c3ccccc3)cc2C)c1. The molecular weight excluding hydrogens is 703 g/mol. The minimum Gasteiger partial charge on any atom is -0.256 e. The molecule has 0 aliphatic heterocycles. The molecule has 0 unspecified atom stereocenters. The minimum absolute atomic E-state index is 0.871. The maximum Gasteiger partial charge on any atom is 0.0705 e. The lowest BCUT2D eigenvalue weighted by molar-refractivity contribution is 0.951. The van der Waals surface area contributed by atoms with Crippen molar-refractivity contribution >= 4 is 0 Å². The van der Waals surface area contributed by atoms with Crippen LogP contribution in [-0.2, 0) is 12.8 Å². The number of hydrogen-bond donors (Lipinski definition) is 0. The zero-order valence-electron chi connectivity index (χ0n) is 32.8. The molecular formula is C55H43N3. The van der Waals surface area contributed by atoms with E-state index in [9.17, 15) is 0 Å². The van der Waals surface area contributed by atoms with Crippen LogP contribution in [0.25, 0.3) is 78.3 Å². The van der Waals surface area contributed by atoms with Crippen molar-refractivity contribution < 1.29 is 0 Å². The van der Waals surface area contributed by atoms with E-state index >= 15 is 0 Å². The van der Waals surface area contributed by atoms with Crippen LogP contribution in [0.1, 0.15) is 22.3 Å². The normalized spacial score (nSPS) is 11.1. The van der Waals surface area contributed by atoms with E-state index in [-0.39, 0.29) is 0 Å². The van der Waals surface area contributed by atoms with Crippen LogP contribution in [0.4, 0.5) is 0 Å². The molecule has 0 aliphatic carbocycles. The summed E-state index contributed by atoms with van der Waals surface area (Å²) < 4.78 is 0. The molecule has 3 heterocycles. The highest BCUT2D eigenvalue weighted by molar-refractivity contribution is 5.90. The van der Waals surface area contributed by atoms with Gasteiger partial charge in [-0.3, -0.25) is 15.0 Å². The Hall–Kier alpha value is -7.23. The van der Waals surface area contributed by atoms with Crippen molar-refractivity contribution in [3.63, 3.8) is 0 Å². The molecule has 3 heteroatoms. The Morgan fingerprint density at radius 3 is 1.12 bits per heavy atom. The van der Waals surface area contributed by atoms with Gasteiger partial charge in [0.15, 0.2) is 0 Å². The number of aryl methyl sites for hydroxylation is 4. The largest absolute Gasteiger partial charge is 0.256 e. The highest BCUT2D eigenvalue weighted by Gasteiger charge is 2.17. The maximum atomic E-state index is 4.96. The molecule has 9 aromatic rings. The second-order valence-electron chi connectivity index (χ2n) is 14.9. The van der Waals surface area contributed by atoms with Gasteiger partial charge in [0.25, 0.3) is 0 Å². The van der Waals surface area contributed by atoms with Crippen molar-refractivity contribution in [1.29, 1.82) is 0 Å². The average molecular weight is 746 g/mol. The van der Waals surface area contributed by atoms with Crippen molar-refractivity contribution in [2.24, 2.45) is 0 Å². The van der Waals surface area contributed by atoms with Gasteiger partial charge in [0.2, 0.25) is 0 Å². The van der Waals surface area contributed by atoms with E-state index in [1.165, 1.54) is 55.6 Å². The Morgan fingerprint density at radius 1 is 0.293 bits per heavy atom. The predicted molar refractivity (Wildman–Crippen MR) is 241 cm³/mol. The molecule has 0 bridgehead atoms. The van der Waals surface area contributed by atoms with Gasteiger partial charge in [0.05, 0.1) is 17.1 Å². The highest BCUT2D eigenvalue weighted by atomic mass is 14.7. The molecule has 0 saturated heterocycles. The molecule has 58 heavy (non-hydrogen) atoms. The van der Waals surface area contributed by atoms with Crippen LogP contribution in [0.15, 0.2) is 201 Å². The van der Waals surface area contributed by atoms with E-state index in [0.29, 0.717) is 0 Å². The Morgan fingerprint density at radius 2 is 0.690 bits per heavy atom. The summed E-state index contributed by atoms with van der Waals surface area (Å²) in [7, 11) is 0. The molecule has 6 aromatic carbocycles. The Balaban J connectivity index is 1.12. The summed E-state index contributed by atoms with van der Waals surface area (Å²) in [6, 6.07) is 64.5. The van der Waals surface area contributed by atoms with Crippen molar-refractivity contribution in [3.8, 4) is 78.3 Å². The molecule has 9 rings (SSSR count). The van der Waals surface area contributed by atoms with E-state index in [2.05, 4.69) is 178 Å². The quantitative estimate of drug-likeness (QED) is 0.140. The van der Waals surface area contributed by atoms with E-state index in [4.69, 9.17) is 15.0 Å². The second-order valence-corrected chi connectivity index (χ2v) is 14.9. The van der Waals surface area contributed by atoms with Gasteiger partial charge in [0.1, 0.15) is 0 Å². The fraction of sp³-hybridized carbons (Fsp3) is 0.0727. The summed E-state index contributed by atoms with van der Waals surface area (Å²) in [6.07, 6.45) is 7.86. The van der Waals surface area contributed by atoms with Gasteiger partial charge in [-0.1, -0.05) is 158 Å². The van der Waals surface area contributed by atoms with E-state index in [1.807, 2.05) is 36.8 Å². The van der Waals surface area contributed by atoms with Crippen LogP contribution in [0, 0.1) is 13.8 Å². The molecule has 3 aromatic heterocycles. The topological polar surface area (TPSA) is 38.7 Å². The lowest BCUT2D eigenvalue weighted by Crippen LogP contribution is -1.97. The van der Waals surface area contributed by atoms with Gasteiger partial charge in [0, 0.05) is 46.4 Å². The molecule has 0 spiro atoms. The molecule has 0 radical (unpaired) electrons.